The normalized spacial score (nSPS) is 17.5. The van der Waals surface area contributed by atoms with Gasteiger partial charge < -0.3 is 31.4 Å². The second-order valence-corrected chi connectivity index (χ2v) is 10.7. The number of nitrogens with one attached hydrogen (secondary N) is 4. The molecule has 2 amide bonds. The molecule has 1 aliphatic rings. The molecule has 1 heterocycles. The molecule has 13 heteroatoms. The van der Waals surface area contributed by atoms with Crippen LogP contribution in [-0.4, -0.2) is 64.0 Å². The highest BCUT2D eigenvalue weighted by atomic mass is 79.9. The van der Waals surface area contributed by atoms with E-state index in [9.17, 15) is 9.59 Å². The molecule has 1 fully saturated rings. The number of hydrogen-bond acceptors (Lipinski definition) is 10. The molecule has 12 nitrogen and oxygen atoms in total. The summed E-state index contributed by atoms with van der Waals surface area (Å²) in [5, 5.41) is 17.5. The molecule has 2 aromatic rings. The van der Waals surface area contributed by atoms with Gasteiger partial charge in [0.2, 0.25) is 5.95 Å². The van der Waals surface area contributed by atoms with Crippen molar-refractivity contribution in [2.75, 3.05) is 23.1 Å². The lowest BCUT2D eigenvalue weighted by Gasteiger charge is -2.38. The fraction of sp³-hybridized carbons (Fsp3) is 0.440. The van der Waals surface area contributed by atoms with Gasteiger partial charge in [0.1, 0.15) is 17.0 Å². The molecule has 0 bridgehead atoms. The van der Waals surface area contributed by atoms with Crippen molar-refractivity contribution in [3.05, 3.63) is 34.4 Å². The van der Waals surface area contributed by atoms with Crippen LogP contribution in [0.1, 0.15) is 56.8 Å². The second kappa shape index (κ2) is 12.7. The Bertz CT molecular complexity index is 1200. The van der Waals surface area contributed by atoms with Crippen LogP contribution in [0.2, 0.25) is 0 Å². The van der Waals surface area contributed by atoms with Gasteiger partial charge in [-0.05, 0) is 67.7 Å². The Morgan fingerprint density at radius 2 is 2.03 bits per heavy atom. The molecule has 0 radical (unpaired) electrons. The minimum absolute atomic E-state index is 0.108. The lowest BCUT2D eigenvalue weighted by molar-refractivity contribution is 0.0175. The zero-order valence-electron chi connectivity index (χ0n) is 21.9. The molecule has 1 aliphatic carbocycles. The maximum absolute atomic E-state index is 12.7. The van der Waals surface area contributed by atoms with Gasteiger partial charge in [0.15, 0.2) is 0 Å². The Morgan fingerprint density at radius 3 is 2.71 bits per heavy atom. The lowest BCUT2D eigenvalue weighted by Crippen LogP contribution is -2.50. The predicted octanol–water partition coefficient (Wildman–Crippen LogP) is 4.72. The number of ether oxygens (including phenoxy) is 1. The van der Waals surface area contributed by atoms with Crippen LogP contribution in [-0.2, 0) is 4.74 Å². The summed E-state index contributed by atoms with van der Waals surface area (Å²) in [4.78, 5) is 35.3. The van der Waals surface area contributed by atoms with Crippen molar-refractivity contribution in [2.24, 2.45) is 10.8 Å². The molecule has 3 rings (SSSR count). The second-order valence-electron chi connectivity index (χ2n) is 9.89. The zero-order chi connectivity index (χ0) is 27.9. The van der Waals surface area contributed by atoms with Crippen LogP contribution in [0.4, 0.5) is 27.9 Å². The van der Waals surface area contributed by atoms with Crippen molar-refractivity contribution >= 4 is 63.5 Å². The fourth-order valence-corrected chi connectivity index (χ4v) is 4.41. The molecule has 38 heavy (non-hydrogen) atoms. The SMILES string of the molecule is CN(C(=O)OC(C)(C)C)[C@H]1CCCC[C@H]1Nc1ncc(C(N)=O)c(Nc2ccc(Br)c(N/N=C\C=N)c2)n1. The first kappa shape index (κ1) is 28.8. The van der Waals surface area contributed by atoms with Crippen molar-refractivity contribution in [2.45, 2.75) is 64.1 Å². The summed E-state index contributed by atoms with van der Waals surface area (Å²) in [5.74, 6) is -0.137. The number of amides is 2. The maximum atomic E-state index is 12.7. The molecule has 0 aliphatic heterocycles. The third-order valence-electron chi connectivity index (χ3n) is 5.84. The van der Waals surface area contributed by atoms with Gasteiger partial charge in [0.25, 0.3) is 5.91 Å². The van der Waals surface area contributed by atoms with Crippen LogP contribution >= 0.6 is 15.9 Å². The Kier molecular flexibility index (Phi) is 9.61. The first-order valence-electron chi connectivity index (χ1n) is 12.2. The van der Waals surface area contributed by atoms with Crippen LogP contribution < -0.4 is 21.8 Å². The van der Waals surface area contributed by atoms with E-state index in [0.29, 0.717) is 17.3 Å². The number of nitrogens with zero attached hydrogens (tertiary/aromatic N) is 4. The van der Waals surface area contributed by atoms with Gasteiger partial charge in [-0.15, -0.1) is 0 Å². The monoisotopic (exact) mass is 587 g/mol. The largest absolute Gasteiger partial charge is 0.444 e. The maximum Gasteiger partial charge on any atom is 0.410 e. The third-order valence-corrected chi connectivity index (χ3v) is 6.53. The topological polar surface area (TPSA) is 171 Å². The number of rotatable bonds is 9. The number of benzene rings is 1. The van der Waals surface area contributed by atoms with E-state index < -0.39 is 11.5 Å². The number of anilines is 4. The standard InChI is InChI=1S/C25H34BrN9O3/c1-25(2,3)38-24(37)35(4)20-8-6-5-7-18(20)32-23-29-14-16(21(28)36)22(33-23)31-15-9-10-17(26)19(13-15)34-30-12-11-27/h9-14,18,20,27,34H,5-8H2,1-4H3,(H2,28,36)(H2,29,31,32,33)/b27-11?,30-12-/t18-,20+/m1/s1. The molecule has 2 atom stereocenters. The van der Waals surface area contributed by atoms with Crippen LogP contribution in [0.5, 0.6) is 0 Å². The summed E-state index contributed by atoms with van der Waals surface area (Å²) in [7, 11) is 1.74. The van der Waals surface area contributed by atoms with E-state index in [1.807, 2.05) is 20.8 Å². The molecule has 0 saturated heterocycles. The number of halogens is 1. The minimum atomic E-state index is -0.676. The van der Waals surface area contributed by atoms with Crippen LogP contribution in [0, 0.1) is 5.41 Å². The van der Waals surface area contributed by atoms with Crippen LogP contribution in [0.3, 0.4) is 0 Å². The van der Waals surface area contributed by atoms with Crippen molar-refractivity contribution in [1.29, 1.82) is 5.41 Å². The molecule has 6 N–H and O–H groups in total. The van der Waals surface area contributed by atoms with Gasteiger partial charge in [-0.1, -0.05) is 12.8 Å². The van der Waals surface area contributed by atoms with Crippen LogP contribution in [0.25, 0.3) is 0 Å². The minimum Gasteiger partial charge on any atom is -0.444 e. The molecular formula is C25H34BrN9O3. The van der Waals surface area contributed by atoms with Gasteiger partial charge >= 0.3 is 6.09 Å². The Labute approximate surface area is 230 Å². The van der Waals surface area contributed by atoms with Gasteiger partial charge in [0, 0.05) is 35.7 Å². The number of likely N-dealkylation sites (N-methyl/N-ethyl adjacent to an activating group) is 1. The highest BCUT2D eigenvalue weighted by molar-refractivity contribution is 9.10. The van der Waals surface area contributed by atoms with Gasteiger partial charge in [-0.2, -0.15) is 10.1 Å². The number of hydrogen-bond donors (Lipinski definition) is 5. The van der Waals surface area contributed by atoms with Gasteiger partial charge in [0.05, 0.1) is 17.9 Å². The van der Waals surface area contributed by atoms with E-state index in [2.05, 4.69) is 47.1 Å². The Hall–Kier alpha value is -3.74. The third kappa shape index (κ3) is 7.88. The van der Waals surface area contributed by atoms with Crippen molar-refractivity contribution in [3.8, 4) is 0 Å². The van der Waals surface area contributed by atoms with Crippen LogP contribution in [0.15, 0.2) is 34.0 Å². The number of aromatic nitrogens is 2. The lowest BCUT2D eigenvalue weighted by atomic mass is 9.89. The average molecular weight is 589 g/mol. The van der Waals surface area contributed by atoms with Gasteiger partial charge in [-0.25, -0.2) is 9.78 Å². The molecule has 0 unspecified atom stereocenters. The smallest absolute Gasteiger partial charge is 0.410 e. The first-order chi connectivity index (χ1) is 18.0. The number of primary amides is 1. The van der Waals surface area contributed by atoms with E-state index in [4.69, 9.17) is 15.9 Å². The Balaban J connectivity index is 1.83. The molecule has 0 spiro atoms. The zero-order valence-corrected chi connectivity index (χ0v) is 23.5. The van der Waals surface area contributed by atoms with Crippen molar-refractivity contribution < 1.29 is 14.3 Å². The van der Waals surface area contributed by atoms with E-state index >= 15 is 0 Å². The molecule has 1 aromatic carbocycles. The quantitative estimate of drug-likeness (QED) is 0.207. The summed E-state index contributed by atoms with van der Waals surface area (Å²) in [6.07, 6.45) is 6.98. The predicted molar refractivity (Wildman–Crippen MR) is 153 cm³/mol. The summed E-state index contributed by atoms with van der Waals surface area (Å²) in [5.41, 5.74) is 9.21. The van der Waals surface area contributed by atoms with E-state index in [0.717, 1.165) is 36.4 Å². The Morgan fingerprint density at radius 1 is 1.29 bits per heavy atom. The molecule has 1 saturated carbocycles. The molecule has 1 aromatic heterocycles. The summed E-state index contributed by atoms with van der Waals surface area (Å²) < 4.78 is 6.32. The summed E-state index contributed by atoms with van der Waals surface area (Å²) in [6.45, 7) is 5.52. The first-order valence-corrected chi connectivity index (χ1v) is 13.0. The van der Waals surface area contributed by atoms with Gasteiger partial charge in [-0.3, -0.25) is 10.2 Å². The van der Waals surface area contributed by atoms with E-state index in [-0.39, 0.29) is 29.6 Å². The fourth-order valence-electron chi connectivity index (χ4n) is 4.07. The molecule has 204 valence electrons. The highest BCUT2D eigenvalue weighted by Gasteiger charge is 2.33. The number of hydrazone groups is 1. The summed E-state index contributed by atoms with van der Waals surface area (Å²) in [6, 6.07) is 5.13. The molecular weight excluding hydrogens is 554 g/mol. The van der Waals surface area contributed by atoms with E-state index in [1.54, 1.807) is 30.1 Å². The summed E-state index contributed by atoms with van der Waals surface area (Å²) >= 11 is 3.45. The van der Waals surface area contributed by atoms with Crippen molar-refractivity contribution in [1.82, 2.24) is 14.9 Å². The highest BCUT2D eigenvalue weighted by Crippen LogP contribution is 2.30. The number of carbonyl (C=O) groups excluding carboxylic acids is 2. The number of nitrogens with two attached hydrogens (primary N) is 1. The number of carbonyl (C=O) groups is 2. The average Bonchev–Trinajstić information content (AvgIpc) is 2.85. The van der Waals surface area contributed by atoms with E-state index in [1.165, 1.54) is 12.4 Å². The van der Waals surface area contributed by atoms with Crippen molar-refractivity contribution in [3.63, 3.8) is 0 Å².